The van der Waals surface area contributed by atoms with Crippen LogP contribution in [0.5, 0.6) is 0 Å². The van der Waals surface area contributed by atoms with E-state index in [0.29, 0.717) is 0 Å². The summed E-state index contributed by atoms with van der Waals surface area (Å²) in [5.41, 5.74) is 2.40. The van der Waals surface area contributed by atoms with Gasteiger partial charge in [-0.25, -0.2) is 0 Å². The molecule has 0 aliphatic rings. The Kier molecular flexibility index (Phi) is 1.47. The van der Waals surface area contributed by atoms with Gasteiger partial charge < -0.3 is 0 Å². The fourth-order valence-electron chi connectivity index (χ4n) is 0.729. The summed E-state index contributed by atoms with van der Waals surface area (Å²) in [4.78, 5) is 0. The fraction of sp³-hybridized carbons (Fsp3) is 0.429. The van der Waals surface area contributed by atoms with Crippen molar-refractivity contribution in [2.45, 2.75) is 13.8 Å². The molecule has 0 bridgehead atoms. The van der Waals surface area contributed by atoms with Crippen LogP contribution in [0, 0.1) is 13.8 Å². The molecule has 2 nitrogen and oxygen atoms in total. The maximum atomic E-state index is 4.09. The van der Waals surface area contributed by atoms with E-state index < -0.39 is 0 Å². The summed E-state index contributed by atoms with van der Waals surface area (Å²) < 4.78 is 1.85. The SMILES string of the molecule is Cc1cn[n+](C)c(C)c1. The first-order chi connectivity index (χ1) is 4.20. The second kappa shape index (κ2) is 2.13. The zero-order valence-corrected chi connectivity index (χ0v) is 6.05. The second-order valence-electron chi connectivity index (χ2n) is 2.30. The van der Waals surface area contributed by atoms with E-state index in [4.69, 9.17) is 0 Å². The van der Waals surface area contributed by atoms with Crippen molar-refractivity contribution in [3.63, 3.8) is 0 Å². The Labute approximate surface area is 55.1 Å². The molecule has 0 fully saturated rings. The zero-order chi connectivity index (χ0) is 6.85. The molecular formula is C7H11N2+. The highest BCUT2D eigenvalue weighted by atomic mass is 15.2. The largest absolute Gasteiger partial charge is 0.205 e. The summed E-state index contributed by atoms with van der Waals surface area (Å²) in [6, 6.07) is 2.10. The van der Waals surface area contributed by atoms with E-state index in [-0.39, 0.29) is 0 Å². The van der Waals surface area contributed by atoms with Crippen LogP contribution in [-0.4, -0.2) is 5.10 Å². The molecule has 48 valence electrons. The molecule has 0 aliphatic carbocycles. The predicted molar refractivity (Wildman–Crippen MR) is 34.9 cm³/mol. The first kappa shape index (κ1) is 6.20. The van der Waals surface area contributed by atoms with Crippen molar-refractivity contribution in [2.24, 2.45) is 7.05 Å². The quantitative estimate of drug-likeness (QED) is 0.460. The number of hydrogen-bond acceptors (Lipinski definition) is 1. The van der Waals surface area contributed by atoms with Gasteiger partial charge in [-0.05, 0) is 17.6 Å². The van der Waals surface area contributed by atoms with Gasteiger partial charge in [-0.3, -0.25) is 0 Å². The van der Waals surface area contributed by atoms with Crippen molar-refractivity contribution in [3.05, 3.63) is 23.5 Å². The van der Waals surface area contributed by atoms with Crippen molar-refractivity contribution in [1.29, 1.82) is 0 Å². The second-order valence-corrected chi connectivity index (χ2v) is 2.30. The third-order valence-corrected chi connectivity index (χ3v) is 1.38. The molecule has 1 heterocycles. The number of nitrogens with zero attached hydrogens (tertiary/aromatic N) is 2. The van der Waals surface area contributed by atoms with Crippen molar-refractivity contribution in [2.75, 3.05) is 0 Å². The molecular weight excluding hydrogens is 112 g/mol. The van der Waals surface area contributed by atoms with E-state index in [0.717, 1.165) is 0 Å². The summed E-state index contributed by atoms with van der Waals surface area (Å²) in [5, 5.41) is 4.09. The molecule has 1 aromatic heterocycles. The Hall–Kier alpha value is -0.920. The molecule has 0 amide bonds. The Morgan fingerprint density at radius 3 is 2.56 bits per heavy atom. The van der Waals surface area contributed by atoms with Crippen LogP contribution in [0.4, 0.5) is 0 Å². The van der Waals surface area contributed by atoms with E-state index in [9.17, 15) is 0 Å². The zero-order valence-electron chi connectivity index (χ0n) is 6.05. The van der Waals surface area contributed by atoms with Gasteiger partial charge in [-0.2, -0.15) is 0 Å². The minimum atomic E-state index is 1.19. The molecule has 1 rings (SSSR count). The van der Waals surface area contributed by atoms with Crippen LogP contribution in [0.3, 0.4) is 0 Å². The van der Waals surface area contributed by atoms with Gasteiger partial charge in [-0.15, -0.1) is 0 Å². The first-order valence-electron chi connectivity index (χ1n) is 3.00. The van der Waals surface area contributed by atoms with E-state index >= 15 is 0 Å². The van der Waals surface area contributed by atoms with Crippen molar-refractivity contribution in [1.82, 2.24) is 5.10 Å². The van der Waals surface area contributed by atoms with Gasteiger partial charge in [0, 0.05) is 13.0 Å². The van der Waals surface area contributed by atoms with Crippen LogP contribution < -0.4 is 4.68 Å². The van der Waals surface area contributed by atoms with Gasteiger partial charge in [0.25, 0.3) is 0 Å². The van der Waals surface area contributed by atoms with Crippen LogP contribution in [-0.2, 0) is 7.05 Å². The highest BCUT2D eigenvalue weighted by Gasteiger charge is 1.98. The molecule has 1 aromatic rings. The maximum absolute atomic E-state index is 4.09. The molecule has 0 saturated carbocycles. The van der Waals surface area contributed by atoms with Gasteiger partial charge in [-0.1, -0.05) is 4.68 Å². The average molecular weight is 123 g/mol. The number of aryl methyl sites for hydroxylation is 3. The van der Waals surface area contributed by atoms with Gasteiger partial charge in [0.05, 0.1) is 6.20 Å². The van der Waals surface area contributed by atoms with Gasteiger partial charge in [0.1, 0.15) is 0 Å². The summed E-state index contributed by atoms with van der Waals surface area (Å²) in [7, 11) is 1.94. The molecule has 2 heteroatoms. The molecule has 0 radical (unpaired) electrons. The number of rotatable bonds is 0. The van der Waals surface area contributed by atoms with Gasteiger partial charge in [0.2, 0.25) is 5.69 Å². The van der Waals surface area contributed by atoms with E-state index in [2.05, 4.69) is 11.2 Å². The summed E-state index contributed by atoms with van der Waals surface area (Å²) in [6.45, 7) is 4.08. The highest BCUT2D eigenvalue weighted by Crippen LogP contribution is 1.91. The van der Waals surface area contributed by atoms with E-state index in [1.165, 1.54) is 11.3 Å². The first-order valence-corrected chi connectivity index (χ1v) is 3.00. The number of hydrogen-bond donors (Lipinski definition) is 0. The third-order valence-electron chi connectivity index (χ3n) is 1.38. The highest BCUT2D eigenvalue weighted by molar-refractivity contribution is 5.05. The normalized spacial score (nSPS) is 9.67. The average Bonchev–Trinajstić information content (AvgIpc) is 1.80. The molecule has 0 saturated heterocycles. The topological polar surface area (TPSA) is 16.8 Å². The smallest absolute Gasteiger partial charge is 0.0915 e. The Balaban J connectivity index is 3.17. The Bertz CT molecular complexity index is 218. The lowest BCUT2D eigenvalue weighted by atomic mass is 10.3. The molecule has 0 aliphatic heterocycles. The molecule has 0 atom stereocenters. The van der Waals surface area contributed by atoms with Crippen LogP contribution in [0.2, 0.25) is 0 Å². The molecule has 0 N–H and O–H groups in total. The Morgan fingerprint density at radius 2 is 2.11 bits per heavy atom. The maximum Gasteiger partial charge on any atom is 0.205 e. The standard InChI is InChI=1S/C7H11N2/c1-6-4-7(2)9(3)8-5-6/h4-5H,1-3H3/q+1. The summed E-state index contributed by atoms with van der Waals surface area (Å²) in [6.07, 6.45) is 1.85. The molecule has 9 heavy (non-hydrogen) atoms. The van der Waals surface area contributed by atoms with Crippen LogP contribution >= 0.6 is 0 Å². The summed E-state index contributed by atoms with van der Waals surface area (Å²) >= 11 is 0. The van der Waals surface area contributed by atoms with Crippen LogP contribution in [0.25, 0.3) is 0 Å². The third kappa shape index (κ3) is 1.25. The van der Waals surface area contributed by atoms with Crippen LogP contribution in [0.1, 0.15) is 11.3 Å². The van der Waals surface area contributed by atoms with E-state index in [1.54, 1.807) is 0 Å². The van der Waals surface area contributed by atoms with Gasteiger partial charge in [0.15, 0.2) is 7.05 Å². The molecule has 0 aromatic carbocycles. The van der Waals surface area contributed by atoms with Crippen molar-refractivity contribution in [3.8, 4) is 0 Å². The van der Waals surface area contributed by atoms with Crippen molar-refractivity contribution < 1.29 is 4.68 Å². The number of aromatic nitrogens is 2. The molecule has 0 spiro atoms. The fourth-order valence-corrected chi connectivity index (χ4v) is 0.729. The predicted octanol–water partition coefficient (Wildman–Crippen LogP) is 0.523. The monoisotopic (exact) mass is 123 g/mol. The van der Waals surface area contributed by atoms with Gasteiger partial charge >= 0.3 is 0 Å². The molecule has 0 unspecified atom stereocenters. The minimum absolute atomic E-state index is 1.19. The lowest BCUT2D eigenvalue weighted by Crippen LogP contribution is -2.35. The van der Waals surface area contributed by atoms with E-state index in [1.807, 2.05) is 31.8 Å². The lowest BCUT2D eigenvalue weighted by Gasteiger charge is -1.89. The van der Waals surface area contributed by atoms with Crippen LogP contribution in [0.15, 0.2) is 12.3 Å². The Morgan fingerprint density at radius 1 is 1.44 bits per heavy atom. The lowest BCUT2D eigenvalue weighted by molar-refractivity contribution is -0.736. The minimum Gasteiger partial charge on any atom is -0.0915 e. The summed E-state index contributed by atoms with van der Waals surface area (Å²) in [5.74, 6) is 0. The van der Waals surface area contributed by atoms with Crippen molar-refractivity contribution >= 4 is 0 Å².